The molecule has 0 bridgehead atoms. The SMILES string of the molecule is Cc1nn(-c2ccccc2)c(C)c1CCNC(=O)NC(C)C. The van der Waals surface area contributed by atoms with Crippen LogP contribution in [-0.2, 0) is 6.42 Å². The van der Waals surface area contributed by atoms with E-state index in [1.54, 1.807) is 0 Å². The summed E-state index contributed by atoms with van der Waals surface area (Å²) in [5.74, 6) is 0. The van der Waals surface area contributed by atoms with Crippen LogP contribution in [0.3, 0.4) is 0 Å². The first-order chi connectivity index (χ1) is 10.5. The van der Waals surface area contributed by atoms with Crippen molar-refractivity contribution in [3.05, 3.63) is 47.3 Å². The van der Waals surface area contributed by atoms with Gasteiger partial charge in [0.25, 0.3) is 0 Å². The van der Waals surface area contributed by atoms with Crippen LogP contribution in [0.5, 0.6) is 0 Å². The number of rotatable bonds is 5. The molecule has 1 aromatic carbocycles. The summed E-state index contributed by atoms with van der Waals surface area (Å²) in [5.41, 5.74) is 4.37. The Labute approximate surface area is 131 Å². The van der Waals surface area contributed by atoms with Crippen molar-refractivity contribution in [3.8, 4) is 5.69 Å². The summed E-state index contributed by atoms with van der Waals surface area (Å²) in [4.78, 5) is 11.6. The van der Waals surface area contributed by atoms with Crippen LogP contribution in [0.15, 0.2) is 30.3 Å². The third-order valence-electron chi connectivity index (χ3n) is 3.52. The Balaban J connectivity index is 2.04. The lowest BCUT2D eigenvalue weighted by molar-refractivity contribution is 0.238. The minimum atomic E-state index is -0.124. The molecule has 0 spiro atoms. The van der Waals surface area contributed by atoms with Gasteiger partial charge in [0, 0.05) is 18.3 Å². The van der Waals surface area contributed by atoms with Gasteiger partial charge in [0.15, 0.2) is 0 Å². The Morgan fingerprint density at radius 1 is 1.23 bits per heavy atom. The van der Waals surface area contributed by atoms with Gasteiger partial charge in [-0.2, -0.15) is 5.10 Å². The number of nitrogens with one attached hydrogen (secondary N) is 2. The second-order valence-electron chi connectivity index (χ2n) is 5.70. The maximum atomic E-state index is 11.6. The van der Waals surface area contributed by atoms with Crippen molar-refractivity contribution < 1.29 is 4.79 Å². The predicted octanol–water partition coefficient (Wildman–Crippen LogP) is 2.74. The Kier molecular flexibility index (Phi) is 5.20. The lowest BCUT2D eigenvalue weighted by atomic mass is 10.1. The first-order valence-electron chi connectivity index (χ1n) is 7.64. The van der Waals surface area contributed by atoms with E-state index in [0.717, 1.165) is 23.5 Å². The van der Waals surface area contributed by atoms with E-state index in [9.17, 15) is 4.79 Å². The van der Waals surface area contributed by atoms with Crippen LogP contribution >= 0.6 is 0 Å². The average molecular weight is 300 g/mol. The molecule has 0 radical (unpaired) electrons. The van der Waals surface area contributed by atoms with Crippen LogP contribution in [0.25, 0.3) is 5.69 Å². The summed E-state index contributed by atoms with van der Waals surface area (Å²) in [6.07, 6.45) is 0.774. The summed E-state index contributed by atoms with van der Waals surface area (Å²) in [6.45, 7) is 8.56. The lowest BCUT2D eigenvalue weighted by Gasteiger charge is -2.10. The smallest absolute Gasteiger partial charge is 0.314 e. The zero-order valence-electron chi connectivity index (χ0n) is 13.7. The highest BCUT2D eigenvalue weighted by Gasteiger charge is 2.12. The van der Waals surface area contributed by atoms with Crippen LogP contribution in [0.1, 0.15) is 30.8 Å². The summed E-state index contributed by atoms with van der Waals surface area (Å²) in [7, 11) is 0. The van der Waals surface area contributed by atoms with Gasteiger partial charge in [0.2, 0.25) is 0 Å². The molecule has 0 aliphatic carbocycles. The van der Waals surface area contributed by atoms with Gasteiger partial charge in [-0.15, -0.1) is 0 Å². The quantitative estimate of drug-likeness (QED) is 0.892. The molecule has 22 heavy (non-hydrogen) atoms. The number of benzene rings is 1. The highest BCUT2D eigenvalue weighted by atomic mass is 16.2. The molecule has 1 heterocycles. The number of carbonyl (C=O) groups is 1. The number of carbonyl (C=O) groups excluding carboxylic acids is 1. The third kappa shape index (κ3) is 3.87. The van der Waals surface area contributed by atoms with Gasteiger partial charge in [0.05, 0.1) is 11.4 Å². The minimum absolute atomic E-state index is 0.124. The Hall–Kier alpha value is -2.30. The van der Waals surface area contributed by atoms with Crippen molar-refractivity contribution in [1.29, 1.82) is 0 Å². The van der Waals surface area contributed by atoms with E-state index in [4.69, 9.17) is 0 Å². The van der Waals surface area contributed by atoms with E-state index >= 15 is 0 Å². The molecule has 0 saturated carbocycles. The molecule has 0 fully saturated rings. The molecule has 0 aliphatic rings. The fraction of sp³-hybridized carbons (Fsp3) is 0.412. The van der Waals surface area contributed by atoms with Crippen molar-refractivity contribution in [2.24, 2.45) is 0 Å². The molecule has 0 saturated heterocycles. The van der Waals surface area contributed by atoms with Gasteiger partial charge in [-0.3, -0.25) is 0 Å². The maximum Gasteiger partial charge on any atom is 0.314 e. The number of urea groups is 1. The molecule has 1 aromatic heterocycles. The van der Waals surface area contributed by atoms with Gasteiger partial charge in [-0.25, -0.2) is 9.48 Å². The van der Waals surface area contributed by atoms with Gasteiger partial charge in [-0.1, -0.05) is 18.2 Å². The minimum Gasteiger partial charge on any atom is -0.338 e. The van der Waals surface area contributed by atoms with Gasteiger partial charge in [-0.05, 0) is 51.8 Å². The highest BCUT2D eigenvalue weighted by Crippen LogP contribution is 2.17. The van der Waals surface area contributed by atoms with Crippen LogP contribution < -0.4 is 10.6 Å². The molecule has 0 unspecified atom stereocenters. The standard InChI is InChI=1S/C17H24N4O/c1-12(2)19-17(22)18-11-10-16-13(3)20-21(14(16)4)15-8-6-5-7-9-15/h5-9,12H,10-11H2,1-4H3,(H2,18,19,22). The molecule has 0 atom stereocenters. The molecule has 0 aliphatic heterocycles. The fourth-order valence-corrected chi connectivity index (χ4v) is 2.47. The Morgan fingerprint density at radius 3 is 2.55 bits per heavy atom. The van der Waals surface area contributed by atoms with Gasteiger partial charge in [0.1, 0.15) is 0 Å². The Bertz CT molecular complexity index is 632. The first kappa shape index (κ1) is 16.1. The van der Waals surface area contributed by atoms with Crippen LogP contribution in [-0.4, -0.2) is 28.4 Å². The number of nitrogens with zero attached hydrogens (tertiary/aromatic N) is 2. The molecule has 118 valence electrons. The number of hydrogen-bond acceptors (Lipinski definition) is 2. The number of aromatic nitrogens is 2. The third-order valence-corrected chi connectivity index (χ3v) is 3.52. The summed E-state index contributed by atoms with van der Waals surface area (Å²) in [6, 6.07) is 10.1. The predicted molar refractivity (Wildman–Crippen MR) is 88.4 cm³/mol. The highest BCUT2D eigenvalue weighted by molar-refractivity contribution is 5.74. The second kappa shape index (κ2) is 7.11. The van der Waals surface area contributed by atoms with Gasteiger partial charge >= 0.3 is 6.03 Å². The first-order valence-corrected chi connectivity index (χ1v) is 7.64. The number of para-hydroxylation sites is 1. The molecule has 2 aromatic rings. The van der Waals surface area contributed by atoms with E-state index < -0.39 is 0 Å². The number of aryl methyl sites for hydroxylation is 1. The molecule has 2 amide bonds. The zero-order valence-corrected chi connectivity index (χ0v) is 13.7. The molecular formula is C17H24N4O. The van der Waals surface area contributed by atoms with Crippen molar-refractivity contribution in [3.63, 3.8) is 0 Å². The van der Waals surface area contributed by atoms with Crippen molar-refractivity contribution in [2.75, 3.05) is 6.54 Å². The van der Waals surface area contributed by atoms with Crippen molar-refractivity contribution in [2.45, 2.75) is 40.2 Å². The molecule has 2 rings (SSSR count). The Morgan fingerprint density at radius 2 is 1.91 bits per heavy atom. The van der Waals surface area contributed by atoms with E-state index in [2.05, 4.69) is 22.7 Å². The normalized spacial score (nSPS) is 10.8. The van der Waals surface area contributed by atoms with Crippen molar-refractivity contribution >= 4 is 6.03 Å². The average Bonchev–Trinajstić information content (AvgIpc) is 2.75. The lowest BCUT2D eigenvalue weighted by Crippen LogP contribution is -2.40. The largest absolute Gasteiger partial charge is 0.338 e. The van der Waals surface area contributed by atoms with Crippen LogP contribution in [0, 0.1) is 13.8 Å². The molecular weight excluding hydrogens is 276 g/mol. The summed E-state index contributed by atoms with van der Waals surface area (Å²) in [5, 5.41) is 10.3. The monoisotopic (exact) mass is 300 g/mol. The maximum absolute atomic E-state index is 11.6. The van der Waals surface area contributed by atoms with E-state index in [1.807, 2.05) is 55.8 Å². The second-order valence-corrected chi connectivity index (χ2v) is 5.70. The topological polar surface area (TPSA) is 59.0 Å². The zero-order chi connectivity index (χ0) is 16.1. The molecule has 5 nitrogen and oxygen atoms in total. The number of amides is 2. The van der Waals surface area contributed by atoms with Crippen LogP contribution in [0.4, 0.5) is 4.79 Å². The summed E-state index contributed by atoms with van der Waals surface area (Å²) >= 11 is 0. The van der Waals surface area contributed by atoms with Gasteiger partial charge < -0.3 is 10.6 Å². The van der Waals surface area contributed by atoms with E-state index in [1.165, 1.54) is 5.56 Å². The number of hydrogen-bond donors (Lipinski definition) is 2. The molecule has 5 heteroatoms. The van der Waals surface area contributed by atoms with Crippen molar-refractivity contribution in [1.82, 2.24) is 20.4 Å². The van der Waals surface area contributed by atoms with E-state index in [0.29, 0.717) is 6.54 Å². The molecule has 2 N–H and O–H groups in total. The van der Waals surface area contributed by atoms with Crippen LogP contribution in [0.2, 0.25) is 0 Å². The fourth-order valence-electron chi connectivity index (χ4n) is 2.47. The summed E-state index contributed by atoms with van der Waals surface area (Å²) < 4.78 is 1.96. The van der Waals surface area contributed by atoms with E-state index in [-0.39, 0.29) is 12.1 Å².